The quantitative estimate of drug-likeness (QED) is 0.656. The summed E-state index contributed by atoms with van der Waals surface area (Å²) in [4.78, 5) is 16.5. The van der Waals surface area contributed by atoms with Gasteiger partial charge >= 0.3 is 0 Å². The number of ether oxygens (including phenoxy) is 1. The Hall–Kier alpha value is -3.23. The molecule has 0 bridgehead atoms. The molecule has 0 aromatic carbocycles. The van der Waals surface area contributed by atoms with Crippen LogP contribution in [0.4, 0.5) is 10.1 Å². The molecule has 1 fully saturated rings. The van der Waals surface area contributed by atoms with Gasteiger partial charge in [-0.2, -0.15) is 5.10 Å². The summed E-state index contributed by atoms with van der Waals surface area (Å²) in [5.74, 6) is 0.626. The second-order valence-corrected chi connectivity index (χ2v) is 7.39. The Morgan fingerprint density at radius 3 is 2.76 bits per heavy atom. The first-order valence-corrected chi connectivity index (χ1v) is 9.46. The Kier molecular flexibility index (Phi) is 5.04. The van der Waals surface area contributed by atoms with Gasteiger partial charge in [0.05, 0.1) is 30.7 Å². The van der Waals surface area contributed by atoms with Crippen LogP contribution in [-0.4, -0.2) is 31.2 Å². The fraction of sp³-hybridized carbons (Fsp3) is 0.400. The number of pyridine rings is 1. The monoisotopic (exact) mass is 398 g/mol. The summed E-state index contributed by atoms with van der Waals surface area (Å²) in [6.45, 7) is 2.86. The molecule has 4 rings (SSSR count). The first kappa shape index (κ1) is 19.1. The third-order valence-corrected chi connectivity index (χ3v) is 5.10. The maximum atomic E-state index is 13.0. The normalized spacial score (nSPS) is 17.9. The molecule has 1 saturated carbocycles. The van der Waals surface area contributed by atoms with Crippen LogP contribution in [0.25, 0.3) is 0 Å². The van der Waals surface area contributed by atoms with Crippen molar-refractivity contribution in [1.29, 1.82) is 0 Å². The van der Waals surface area contributed by atoms with E-state index in [1.807, 2.05) is 20.0 Å². The van der Waals surface area contributed by atoms with Crippen molar-refractivity contribution in [3.05, 3.63) is 63.7 Å². The number of nitrogens with zero attached hydrogens (tertiary/aromatic N) is 5. The summed E-state index contributed by atoms with van der Waals surface area (Å²) >= 11 is 0. The molecule has 0 spiro atoms. The summed E-state index contributed by atoms with van der Waals surface area (Å²) in [6.07, 6.45) is 2.18. The second-order valence-electron chi connectivity index (χ2n) is 7.39. The molecule has 1 unspecified atom stereocenters. The van der Waals surface area contributed by atoms with Crippen LogP contribution >= 0.6 is 0 Å². The molecule has 152 valence electrons. The average Bonchev–Trinajstić information content (AvgIpc) is 3.39. The topological polar surface area (TPSA) is 86.9 Å². The van der Waals surface area contributed by atoms with Gasteiger partial charge in [-0.05, 0) is 31.5 Å². The van der Waals surface area contributed by atoms with E-state index >= 15 is 0 Å². The maximum absolute atomic E-state index is 13.0. The van der Waals surface area contributed by atoms with Gasteiger partial charge in [0.25, 0.3) is 5.56 Å². The molecular formula is C20H23FN6O2. The summed E-state index contributed by atoms with van der Waals surface area (Å²) in [7, 11) is 3.46. The Balaban J connectivity index is 1.39. The van der Waals surface area contributed by atoms with Crippen molar-refractivity contribution in [1.82, 2.24) is 24.5 Å². The van der Waals surface area contributed by atoms with E-state index in [1.165, 1.54) is 16.9 Å². The van der Waals surface area contributed by atoms with E-state index in [9.17, 15) is 9.18 Å². The predicted molar refractivity (Wildman–Crippen MR) is 105 cm³/mol. The van der Waals surface area contributed by atoms with E-state index < -0.39 is 0 Å². The van der Waals surface area contributed by atoms with Crippen molar-refractivity contribution < 1.29 is 9.13 Å². The molecule has 3 aromatic heterocycles. The van der Waals surface area contributed by atoms with Crippen molar-refractivity contribution in [2.45, 2.75) is 25.8 Å². The minimum atomic E-state index is -0.335. The molecule has 8 nitrogen and oxygen atoms in total. The number of halogens is 1. The third-order valence-electron chi connectivity index (χ3n) is 5.10. The lowest BCUT2D eigenvalue weighted by molar-refractivity contribution is 0.278. The standard InChI is InChI=1S/C20H23FN6O2/c1-12-6-15(26(2)24-12)10-23-18-8-19(25-27(3)20(18)28)29-11-13-7-16(13)17-5-4-14(21)9-22-17/h4-6,8-9,13,16,23H,7,10-11H2,1-3H3/t13?,16-/m1/s1. The van der Waals surface area contributed by atoms with Gasteiger partial charge in [0.1, 0.15) is 11.5 Å². The van der Waals surface area contributed by atoms with E-state index in [0.717, 1.165) is 23.5 Å². The Labute approximate surface area is 167 Å². The number of hydrogen-bond donors (Lipinski definition) is 1. The lowest BCUT2D eigenvalue weighted by Gasteiger charge is -2.11. The zero-order valence-electron chi connectivity index (χ0n) is 16.6. The van der Waals surface area contributed by atoms with Crippen molar-refractivity contribution in [3.8, 4) is 5.88 Å². The van der Waals surface area contributed by atoms with Gasteiger partial charge in [0.15, 0.2) is 0 Å². The molecule has 0 radical (unpaired) electrons. The SMILES string of the molecule is Cc1cc(CNc2cc(OCC3C[C@H]3c3ccc(F)cn3)nn(C)c2=O)n(C)n1. The van der Waals surface area contributed by atoms with Gasteiger partial charge in [-0.3, -0.25) is 14.5 Å². The molecule has 3 aromatic rings. The maximum Gasteiger partial charge on any atom is 0.290 e. The van der Waals surface area contributed by atoms with E-state index in [4.69, 9.17) is 4.74 Å². The second kappa shape index (κ2) is 7.65. The number of rotatable bonds is 7. The fourth-order valence-corrected chi connectivity index (χ4v) is 3.39. The fourth-order valence-electron chi connectivity index (χ4n) is 3.39. The Morgan fingerprint density at radius 1 is 1.24 bits per heavy atom. The molecule has 0 saturated heterocycles. The summed E-state index contributed by atoms with van der Waals surface area (Å²) < 4.78 is 21.9. The van der Waals surface area contributed by atoms with Gasteiger partial charge in [0.2, 0.25) is 5.88 Å². The highest BCUT2D eigenvalue weighted by Gasteiger charge is 2.40. The van der Waals surface area contributed by atoms with Crippen molar-refractivity contribution in [3.63, 3.8) is 0 Å². The predicted octanol–water partition coefficient (Wildman–Crippen LogP) is 2.15. The molecule has 0 aliphatic heterocycles. The largest absolute Gasteiger partial charge is 0.476 e. The lowest BCUT2D eigenvalue weighted by Crippen LogP contribution is -2.24. The average molecular weight is 398 g/mol. The molecule has 29 heavy (non-hydrogen) atoms. The minimum absolute atomic E-state index is 0.226. The van der Waals surface area contributed by atoms with E-state index in [1.54, 1.807) is 23.9 Å². The van der Waals surface area contributed by atoms with E-state index in [-0.39, 0.29) is 17.3 Å². The van der Waals surface area contributed by atoms with E-state index in [0.29, 0.717) is 30.6 Å². The molecule has 2 atom stereocenters. The van der Waals surface area contributed by atoms with Crippen molar-refractivity contribution in [2.24, 2.45) is 20.0 Å². The highest BCUT2D eigenvalue weighted by molar-refractivity contribution is 5.43. The Morgan fingerprint density at radius 2 is 2.07 bits per heavy atom. The molecule has 1 aliphatic rings. The molecule has 0 amide bonds. The van der Waals surface area contributed by atoms with Crippen LogP contribution in [0.2, 0.25) is 0 Å². The smallest absolute Gasteiger partial charge is 0.290 e. The van der Waals surface area contributed by atoms with Crippen molar-refractivity contribution >= 4 is 5.69 Å². The lowest BCUT2D eigenvalue weighted by atomic mass is 10.2. The van der Waals surface area contributed by atoms with Gasteiger partial charge in [0, 0.05) is 37.7 Å². The number of aryl methyl sites for hydroxylation is 3. The summed E-state index contributed by atoms with van der Waals surface area (Å²) in [6, 6.07) is 6.73. The van der Waals surface area contributed by atoms with Gasteiger partial charge in [-0.1, -0.05) is 0 Å². The highest BCUT2D eigenvalue weighted by Crippen LogP contribution is 2.46. The van der Waals surface area contributed by atoms with Crippen LogP contribution in [0.15, 0.2) is 35.3 Å². The van der Waals surface area contributed by atoms with Gasteiger partial charge < -0.3 is 10.1 Å². The first-order valence-electron chi connectivity index (χ1n) is 9.46. The van der Waals surface area contributed by atoms with Crippen LogP contribution in [0, 0.1) is 18.7 Å². The van der Waals surface area contributed by atoms with Crippen LogP contribution in [0.1, 0.15) is 29.4 Å². The van der Waals surface area contributed by atoms with Crippen LogP contribution in [0.3, 0.4) is 0 Å². The number of anilines is 1. The molecule has 1 aliphatic carbocycles. The summed E-state index contributed by atoms with van der Waals surface area (Å²) in [5.41, 5.74) is 2.96. The zero-order valence-corrected chi connectivity index (χ0v) is 16.6. The number of nitrogens with one attached hydrogen (secondary N) is 1. The van der Waals surface area contributed by atoms with Gasteiger partial charge in [-0.15, -0.1) is 5.10 Å². The minimum Gasteiger partial charge on any atom is -0.476 e. The molecule has 9 heteroatoms. The molecule has 3 heterocycles. The molecule has 1 N–H and O–H groups in total. The third kappa shape index (κ3) is 4.28. The summed E-state index contributed by atoms with van der Waals surface area (Å²) in [5, 5.41) is 11.6. The van der Waals surface area contributed by atoms with Crippen LogP contribution in [-0.2, 0) is 20.6 Å². The number of hydrogen-bond acceptors (Lipinski definition) is 6. The zero-order chi connectivity index (χ0) is 20.5. The van der Waals surface area contributed by atoms with Crippen molar-refractivity contribution in [2.75, 3.05) is 11.9 Å². The number of aromatic nitrogens is 5. The van der Waals surface area contributed by atoms with E-state index in [2.05, 4.69) is 20.5 Å². The Bertz CT molecular complexity index is 1080. The van der Waals surface area contributed by atoms with Gasteiger partial charge in [-0.25, -0.2) is 9.07 Å². The molecular weight excluding hydrogens is 375 g/mol. The van der Waals surface area contributed by atoms with Crippen LogP contribution < -0.4 is 15.6 Å². The first-order chi connectivity index (χ1) is 13.9. The van der Waals surface area contributed by atoms with Crippen LogP contribution in [0.5, 0.6) is 5.88 Å². The highest BCUT2D eigenvalue weighted by atomic mass is 19.1.